The first-order chi connectivity index (χ1) is 6.06. The lowest BCUT2D eigenvalue weighted by atomic mass is 10.3. The Labute approximate surface area is 101 Å². The van der Waals surface area contributed by atoms with Gasteiger partial charge in [-0.25, -0.2) is 13.8 Å². The molecule has 0 bridgehead atoms. The van der Waals surface area contributed by atoms with Gasteiger partial charge in [0.15, 0.2) is 11.4 Å². The smallest absolute Gasteiger partial charge is 0.284 e. The number of rotatable bonds is 2. The van der Waals surface area contributed by atoms with Crippen molar-refractivity contribution < 1.29 is 13.5 Å². The highest BCUT2D eigenvalue weighted by atomic mass is 127. The molecule has 2 nitrogen and oxygen atoms in total. The third-order valence-corrected chi connectivity index (χ3v) is 2.69. The zero-order valence-electron chi connectivity index (χ0n) is 6.52. The van der Waals surface area contributed by atoms with Crippen LogP contribution in [0.5, 0.6) is 5.75 Å². The summed E-state index contributed by atoms with van der Waals surface area (Å²) < 4.78 is 30.9. The molecule has 0 atom stereocenters. The van der Waals surface area contributed by atoms with Crippen LogP contribution in [0.15, 0.2) is 6.07 Å². The number of hydrogen-bond donors (Lipinski definition) is 0. The van der Waals surface area contributed by atoms with E-state index in [4.69, 9.17) is 4.74 Å². The van der Waals surface area contributed by atoms with Gasteiger partial charge in [0.05, 0.1) is 10.7 Å². The van der Waals surface area contributed by atoms with Crippen molar-refractivity contribution in [1.82, 2.24) is 4.98 Å². The van der Waals surface area contributed by atoms with E-state index in [2.05, 4.69) is 4.98 Å². The molecule has 72 valence electrons. The van der Waals surface area contributed by atoms with E-state index in [1.54, 1.807) is 6.07 Å². The van der Waals surface area contributed by atoms with Gasteiger partial charge in [-0.1, -0.05) is 0 Å². The number of ether oxygens (including phenoxy) is 1. The summed E-state index contributed by atoms with van der Waals surface area (Å²) in [4.78, 5) is 3.71. The third-order valence-electron chi connectivity index (χ3n) is 1.33. The summed E-state index contributed by atoms with van der Waals surface area (Å²) in [5.41, 5.74) is -0.293. The molecule has 0 fully saturated rings. The molecule has 0 unspecified atom stereocenters. The van der Waals surface area contributed by atoms with Crippen LogP contribution in [0, 0.1) is 7.27 Å². The number of methoxy groups -OCH3 is 1. The van der Waals surface area contributed by atoms with Gasteiger partial charge in [0.25, 0.3) is 6.43 Å². The number of halogens is 4. The van der Waals surface area contributed by atoms with Crippen LogP contribution in [0.1, 0.15) is 12.1 Å². The molecule has 0 saturated carbocycles. The lowest BCUT2D eigenvalue weighted by Crippen LogP contribution is -2.00. The van der Waals surface area contributed by atoms with Crippen molar-refractivity contribution in [3.8, 4) is 5.75 Å². The van der Waals surface area contributed by atoms with Crippen LogP contribution in [-0.4, -0.2) is 12.1 Å². The van der Waals surface area contributed by atoms with E-state index in [1.165, 1.54) is 7.11 Å². The quantitative estimate of drug-likeness (QED) is 0.551. The summed E-state index contributed by atoms with van der Waals surface area (Å²) in [6, 6.07) is 1.69. The van der Waals surface area contributed by atoms with E-state index in [0.29, 0.717) is 7.27 Å². The minimum Gasteiger partial charge on any atom is -0.493 e. The van der Waals surface area contributed by atoms with Crippen molar-refractivity contribution in [2.24, 2.45) is 0 Å². The molecule has 0 saturated heterocycles. The van der Waals surface area contributed by atoms with Crippen LogP contribution < -0.4 is 4.74 Å². The molecule has 6 heteroatoms. The second-order valence-corrected chi connectivity index (χ2v) is 4.41. The predicted molar refractivity (Wildman–Crippen MR) is 61.2 cm³/mol. The second kappa shape index (κ2) is 4.67. The van der Waals surface area contributed by atoms with Crippen molar-refractivity contribution in [3.05, 3.63) is 19.0 Å². The zero-order valence-corrected chi connectivity index (χ0v) is 10.8. The van der Waals surface area contributed by atoms with Crippen LogP contribution in [0.25, 0.3) is 0 Å². The number of nitrogens with zero attached hydrogens (tertiary/aromatic N) is 1. The monoisotopic (exact) mass is 411 g/mol. The maximum Gasteiger partial charge on any atom is 0.284 e. The molecular weight excluding hydrogens is 406 g/mol. The van der Waals surface area contributed by atoms with Crippen LogP contribution >= 0.6 is 45.2 Å². The molecule has 0 spiro atoms. The normalized spacial score (nSPS) is 10.6. The Morgan fingerprint density at radius 2 is 2.08 bits per heavy atom. The maximum atomic E-state index is 12.4. The van der Waals surface area contributed by atoms with Crippen LogP contribution in [0.4, 0.5) is 8.78 Å². The molecule has 0 aliphatic rings. The molecular formula is C7H5F2I2NO. The minimum atomic E-state index is -2.60. The first-order valence-corrected chi connectivity index (χ1v) is 5.40. The summed E-state index contributed by atoms with van der Waals surface area (Å²) >= 11 is 3.83. The summed E-state index contributed by atoms with van der Waals surface area (Å²) in [7, 11) is 1.36. The third kappa shape index (κ3) is 2.61. The highest BCUT2D eigenvalue weighted by molar-refractivity contribution is 14.1. The Morgan fingerprint density at radius 3 is 2.54 bits per heavy atom. The molecule has 1 rings (SSSR count). The standard InChI is InChI=1S/C7H5F2I2NO/c1-13-6-3(10)2-4(11)12-5(6)7(8)9/h2,7H,1H3. The topological polar surface area (TPSA) is 22.1 Å². The van der Waals surface area contributed by atoms with E-state index in [-0.39, 0.29) is 11.4 Å². The lowest BCUT2D eigenvalue weighted by molar-refractivity contribution is 0.141. The maximum absolute atomic E-state index is 12.4. The first kappa shape index (κ1) is 11.3. The van der Waals surface area contributed by atoms with Gasteiger partial charge >= 0.3 is 0 Å². The molecule has 0 aliphatic heterocycles. The molecule has 0 aliphatic carbocycles. The Hall–Kier alpha value is 0.270. The number of hydrogen-bond acceptors (Lipinski definition) is 2. The fraction of sp³-hybridized carbons (Fsp3) is 0.286. The Bertz CT molecular complexity index is 320. The lowest BCUT2D eigenvalue weighted by Gasteiger charge is -2.08. The number of alkyl halides is 2. The second-order valence-electron chi connectivity index (χ2n) is 2.15. The van der Waals surface area contributed by atoms with Crippen LogP contribution in [0.2, 0.25) is 0 Å². The van der Waals surface area contributed by atoms with Crippen molar-refractivity contribution in [1.29, 1.82) is 0 Å². The van der Waals surface area contributed by atoms with E-state index in [9.17, 15) is 8.78 Å². The number of pyridine rings is 1. The Kier molecular flexibility index (Phi) is 4.07. The molecule has 13 heavy (non-hydrogen) atoms. The largest absolute Gasteiger partial charge is 0.493 e. The Balaban J connectivity index is 3.29. The van der Waals surface area contributed by atoms with E-state index >= 15 is 0 Å². The van der Waals surface area contributed by atoms with Gasteiger partial charge in [0.2, 0.25) is 0 Å². The number of aromatic nitrogens is 1. The van der Waals surface area contributed by atoms with Crippen molar-refractivity contribution in [2.75, 3.05) is 7.11 Å². The predicted octanol–water partition coefficient (Wildman–Crippen LogP) is 3.24. The van der Waals surface area contributed by atoms with Gasteiger partial charge < -0.3 is 4.74 Å². The fourth-order valence-corrected chi connectivity index (χ4v) is 2.80. The molecule has 1 aromatic heterocycles. The Morgan fingerprint density at radius 1 is 1.46 bits per heavy atom. The van der Waals surface area contributed by atoms with Gasteiger partial charge in [-0.15, -0.1) is 0 Å². The molecule has 0 radical (unpaired) electrons. The first-order valence-electron chi connectivity index (χ1n) is 3.24. The van der Waals surface area contributed by atoms with Crippen molar-refractivity contribution >= 4 is 45.2 Å². The van der Waals surface area contributed by atoms with E-state index in [1.807, 2.05) is 45.2 Å². The molecule has 1 aromatic rings. The summed E-state index contributed by atoms with van der Waals surface area (Å²) in [5, 5.41) is 0. The summed E-state index contributed by atoms with van der Waals surface area (Å²) in [6.07, 6.45) is -2.60. The van der Waals surface area contributed by atoms with Gasteiger partial charge in [-0.3, -0.25) is 0 Å². The van der Waals surface area contributed by atoms with Crippen molar-refractivity contribution in [2.45, 2.75) is 6.43 Å². The molecule has 0 aromatic carbocycles. The highest BCUT2D eigenvalue weighted by Gasteiger charge is 2.18. The molecule has 0 N–H and O–H groups in total. The van der Waals surface area contributed by atoms with Gasteiger partial charge in [0, 0.05) is 0 Å². The van der Waals surface area contributed by atoms with E-state index in [0.717, 1.165) is 0 Å². The van der Waals surface area contributed by atoms with Crippen LogP contribution in [-0.2, 0) is 0 Å². The zero-order chi connectivity index (χ0) is 10.0. The molecule has 1 heterocycles. The SMILES string of the molecule is COc1c(I)cc(I)nc1C(F)F. The van der Waals surface area contributed by atoms with Gasteiger partial charge in [0.1, 0.15) is 3.70 Å². The highest BCUT2D eigenvalue weighted by Crippen LogP contribution is 2.32. The van der Waals surface area contributed by atoms with E-state index < -0.39 is 6.43 Å². The molecule has 0 amide bonds. The van der Waals surface area contributed by atoms with Crippen molar-refractivity contribution in [3.63, 3.8) is 0 Å². The van der Waals surface area contributed by atoms with Crippen LogP contribution in [0.3, 0.4) is 0 Å². The summed E-state index contributed by atoms with van der Waals surface area (Å²) in [5.74, 6) is 0.163. The minimum absolute atomic E-state index is 0.163. The van der Waals surface area contributed by atoms with Gasteiger partial charge in [-0.2, -0.15) is 0 Å². The average molecular weight is 411 g/mol. The van der Waals surface area contributed by atoms with Gasteiger partial charge in [-0.05, 0) is 51.2 Å². The fourth-order valence-electron chi connectivity index (χ4n) is 0.841. The summed E-state index contributed by atoms with van der Waals surface area (Å²) in [6.45, 7) is 0. The average Bonchev–Trinajstić information content (AvgIpc) is 2.02.